The van der Waals surface area contributed by atoms with Gasteiger partial charge in [-0.25, -0.2) is 4.39 Å². The fourth-order valence-electron chi connectivity index (χ4n) is 2.22. The van der Waals surface area contributed by atoms with Crippen molar-refractivity contribution in [2.75, 3.05) is 11.8 Å². The molecule has 0 aliphatic carbocycles. The molecule has 0 saturated heterocycles. The van der Waals surface area contributed by atoms with Gasteiger partial charge in [0.2, 0.25) is 0 Å². The summed E-state index contributed by atoms with van der Waals surface area (Å²) in [5.41, 5.74) is 1.43. The molecule has 0 spiro atoms. The van der Waals surface area contributed by atoms with Crippen LogP contribution in [0.15, 0.2) is 46.9 Å². The number of rotatable bonds is 5. The second-order valence-corrected chi connectivity index (χ2v) is 6.82. The highest BCUT2D eigenvalue weighted by molar-refractivity contribution is 9.10. The summed E-state index contributed by atoms with van der Waals surface area (Å²) in [5.74, 6) is 0.354. The maximum absolute atomic E-state index is 13.2. The molecule has 0 nitrogen and oxygen atoms in total. The van der Waals surface area contributed by atoms with Gasteiger partial charge in [0.05, 0.1) is 0 Å². The van der Waals surface area contributed by atoms with Crippen LogP contribution in [-0.2, 0) is 11.8 Å². The van der Waals surface area contributed by atoms with Crippen molar-refractivity contribution in [1.82, 2.24) is 0 Å². The molecule has 2 aromatic rings. The summed E-state index contributed by atoms with van der Waals surface area (Å²) in [5, 5.41) is 0.395. The number of benzene rings is 2. The lowest BCUT2D eigenvalue weighted by Gasteiger charge is -2.31. The molecule has 0 N–H and O–H groups in total. The summed E-state index contributed by atoms with van der Waals surface area (Å²) in [6, 6.07) is 12.3. The molecular weight excluding hydrogens is 397 g/mol. The minimum absolute atomic E-state index is 0.352. The van der Waals surface area contributed by atoms with Crippen LogP contribution in [0.25, 0.3) is 0 Å². The minimum Gasteiger partial charge on any atom is -0.207 e. The SMILES string of the molecule is Fc1ccc(CC(CCl)(CCl)c2ccc(Br)cc2)c(Cl)c1. The van der Waals surface area contributed by atoms with Crippen LogP contribution < -0.4 is 0 Å². The van der Waals surface area contributed by atoms with E-state index in [0.29, 0.717) is 23.2 Å². The molecule has 0 radical (unpaired) electrons. The maximum Gasteiger partial charge on any atom is 0.124 e. The van der Waals surface area contributed by atoms with Crippen LogP contribution >= 0.6 is 50.7 Å². The Morgan fingerprint density at radius 3 is 2.14 bits per heavy atom. The summed E-state index contributed by atoms with van der Waals surface area (Å²) >= 11 is 22.0. The van der Waals surface area contributed by atoms with Crippen molar-refractivity contribution in [3.05, 3.63) is 68.9 Å². The second-order valence-electron chi connectivity index (χ2n) is 4.97. The standard InChI is InChI=1S/C16H13BrCl3F/c17-13-4-2-12(3-5-13)16(9-18,10-19)8-11-1-6-14(21)7-15(11)20/h1-7H,8-10H2. The Morgan fingerprint density at radius 2 is 1.62 bits per heavy atom. The summed E-state index contributed by atoms with van der Waals surface area (Å²) < 4.78 is 14.2. The van der Waals surface area contributed by atoms with Gasteiger partial charge in [0.15, 0.2) is 0 Å². The van der Waals surface area contributed by atoms with E-state index in [1.165, 1.54) is 12.1 Å². The molecule has 5 heteroatoms. The quantitative estimate of drug-likeness (QED) is 0.515. The largest absolute Gasteiger partial charge is 0.207 e. The van der Waals surface area contributed by atoms with Crippen molar-refractivity contribution in [3.8, 4) is 0 Å². The Kier molecular flexibility index (Phi) is 5.96. The van der Waals surface area contributed by atoms with Crippen molar-refractivity contribution < 1.29 is 4.39 Å². The number of halogens is 5. The van der Waals surface area contributed by atoms with Gasteiger partial charge >= 0.3 is 0 Å². The average Bonchev–Trinajstić information content (AvgIpc) is 2.48. The first-order chi connectivity index (χ1) is 10.0. The van der Waals surface area contributed by atoms with Gasteiger partial charge in [-0.2, -0.15) is 0 Å². The van der Waals surface area contributed by atoms with Gasteiger partial charge in [0.25, 0.3) is 0 Å². The van der Waals surface area contributed by atoms with Gasteiger partial charge in [0, 0.05) is 26.7 Å². The van der Waals surface area contributed by atoms with E-state index >= 15 is 0 Å². The van der Waals surface area contributed by atoms with Gasteiger partial charge in [-0.05, 0) is 41.8 Å². The van der Waals surface area contributed by atoms with Gasteiger partial charge in [-0.15, -0.1) is 23.2 Å². The third-order valence-corrected chi connectivity index (χ3v) is 5.42. The highest BCUT2D eigenvalue weighted by atomic mass is 79.9. The first-order valence-corrected chi connectivity index (χ1v) is 8.57. The topological polar surface area (TPSA) is 0 Å². The minimum atomic E-state index is -0.439. The summed E-state index contributed by atoms with van der Waals surface area (Å²) in [6.45, 7) is 0. The zero-order valence-electron chi connectivity index (χ0n) is 11.1. The molecule has 0 unspecified atom stereocenters. The summed E-state index contributed by atoms with van der Waals surface area (Å²) in [7, 11) is 0. The first-order valence-electron chi connectivity index (χ1n) is 6.33. The monoisotopic (exact) mass is 408 g/mol. The van der Waals surface area contributed by atoms with E-state index in [0.717, 1.165) is 15.6 Å². The van der Waals surface area contributed by atoms with Crippen LogP contribution in [0.1, 0.15) is 11.1 Å². The van der Waals surface area contributed by atoms with Gasteiger partial charge in [-0.3, -0.25) is 0 Å². The molecule has 0 aromatic heterocycles. The van der Waals surface area contributed by atoms with Crippen LogP contribution in [0.3, 0.4) is 0 Å². The van der Waals surface area contributed by atoms with E-state index < -0.39 is 5.41 Å². The van der Waals surface area contributed by atoms with Gasteiger partial charge in [-0.1, -0.05) is 45.7 Å². The van der Waals surface area contributed by atoms with Crippen molar-refractivity contribution >= 4 is 50.7 Å². The van der Waals surface area contributed by atoms with Crippen molar-refractivity contribution in [1.29, 1.82) is 0 Å². The number of hydrogen-bond donors (Lipinski definition) is 0. The molecule has 2 rings (SSSR count). The molecule has 0 aliphatic rings. The Balaban J connectivity index is 2.40. The van der Waals surface area contributed by atoms with E-state index in [1.807, 2.05) is 24.3 Å². The maximum atomic E-state index is 13.2. The predicted molar refractivity (Wildman–Crippen MR) is 92.4 cm³/mol. The molecule has 0 amide bonds. The lowest BCUT2D eigenvalue weighted by Crippen LogP contribution is -2.33. The number of alkyl halides is 2. The molecule has 0 fully saturated rings. The van der Waals surface area contributed by atoms with E-state index in [2.05, 4.69) is 15.9 Å². The third kappa shape index (κ3) is 3.92. The number of hydrogen-bond acceptors (Lipinski definition) is 0. The lowest BCUT2D eigenvalue weighted by atomic mass is 9.79. The average molecular weight is 411 g/mol. The zero-order valence-corrected chi connectivity index (χ0v) is 14.9. The van der Waals surface area contributed by atoms with Crippen molar-refractivity contribution in [2.45, 2.75) is 11.8 Å². The highest BCUT2D eigenvalue weighted by Gasteiger charge is 2.31. The molecule has 0 saturated carbocycles. The molecule has 112 valence electrons. The van der Waals surface area contributed by atoms with Crippen LogP contribution in [0.5, 0.6) is 0 Å². The Labute approximate surface area is 147 Å². The highest BCUT2D eigenvalue weighted by Crippen LogP contribution is 2.34. The molecule has 0 bridgehead atoms. The molecule has 21 heavy (non-hydrogen) atoms. The third-order valence-electron chi connectivity index (χ3n) is 3.51. The van der Waals surface area contributed by atoms with E-state index in [1.54, 1.807) is 6.07 Å². The molecule has 0 heterocycles. The van der Waals surface area contributed by atoms with Crippen LogP contribution in [0.2, 0.25) is 5.02 Å². The van der Waals surface area contributed by atoms with Crippen molar-refractivity contribution in [3.63, 3.8) is 0 Å². The Hall–Kier alpha value is -0.280. The van der Waals surface area contributed by atoms with Crippen LogP contribution in [0, 0.1) is 5.82 Å². The fraction of sp³-hybridized carbons (Fsp3) is 0.250. The van der Waals surface area contributed by atoms with E-state index in [4.69, 9.17) is 34.8 Å². The molecule has 2 aromatic carbocycles. The van der Waals surface area contributed by atoms with Gasteiger partial charge in [0.1, 0.15) is 5.82 Å². The van der Waals surface area contributed by atoms with Crippen LogP contribution in [-0.4, -0.2) is 11.8 Å². The van der Waals surface area contributed by atoms with Crippen LogP contribution in [0.4, 0.5) is 4.39 Å². The summed E-state index contributed by atoms with van der Waals surface area (Å²) in [4.78, 5) is 0. The predicted octanol–water partition coefficient (Wildman–Crippen LogP) is 6.20. The molecular formula is C16H13BrCl3F. The zero-order chi connectivity index (χ0) is 15.5. The van der Waals surface area contributed by atoms with Gasteiger partial charge < -0.3 is 0 Å². The van der Waals surface area contributed by atoms with E-state index in [9.17, 15) is 4.39 Å². The fourth-order valence-corrected chi connectivity index (χ4v) is 3.50. The smallest absolute Gasteiger partial charge is 0.124 e. The molecule has 0 aliphatic heterocycles. The van der Waals surface area contributed by atoms with E-state index in [-0.39, 0.29) is 5.82 Å². The second kappa shape index (κ2) is 7.32. The Morgan fingerprint density at radius 1 is 1.00 bits per heavy atom. The summed E-state index contributed by atoms with van der Waals surface area (Å²) in [6.07, 6.45) is 0.556. The normalized spacial score (nSPS) is 11.7. The Bertz CT molecular complexity index is 609. The molecule has 0 atom stereocenters. The first kappa shape index (κ1) is 17.1. The lowest BCUT2D eigenvalue weighted by molar-refractivity contribution is 0.535. The van der Waals surface area contributed by atoms with Crippen molar-refractivity contribution in [2.24, 2.45) is 0 Å².